The molecule has 0 amide bonds. The van der Waals surface area contributed by atoms with Gasteiger partial charge < -0.3 is 5.73 Å². The molecule has 7 heteroatoms. The third-order valence-corrected chi connectivity index (χ3v) is 3.30. The number of halogens is 3. The van der Waals surface area contributed by atoms with Crippen LogP contribution < -0.4 is 5.73 Å². The molecule has 0 radical (unpaired) electrons. The monoisotopic (exact) mass is 273 g/mol. The highest BCUT2D eigenvalue weighted by molar-refractivity contribution is 7.98. The van der Waals surface area contributed by atoms with Gasteiger partial charge in [-0.25, -0.2) is 13.2 Å². The number of aromatic nitrogens is 2. The van der Waals surface area contributed by atoms with Crippen LogP contribution in [0.1, 0.15) is 0 Å². The number of benzene rings is 1. The van der Waals surface area contributed by atoms with Crippen molar-refractivity contribution in [2.24, 2.45) is 7.05 Å². The molecule has 0 saturated carbocycles. The highest BCUT2D eigenvalue weighted by Gasteiger charge is 2.20. The van der Waals surface area contributed by atoms with Crippen LogP contribution in [0.3, 0.4) is 0 Å². The maximum Gasteiger partial charge on any atom is 0.176 e. The van der Waals surface area contributed by atoms with Crippen molar-refractivity contribution in [1.29, 1.82) is 0 Å². The molecule has 1 aromatic heterocycles. The molecule has 0 aliphatic heterocycles. The number of aryl methyl sites for hydroxylation is 1. The zero-order valence-corrected chi connectivity index (χ0v) is 10.5. The van der Waals surface area contributed by atoms with Crippen LogP contribution in [0.5, 0.6) is 0 Å². The minimum Gasteiger partial charge on any atom is -0.384 e. The second-order valence-corrected chi connectivity index (χ2v) is 4.46. The average molecular weight is 273 g/mol. The minimum absolute atomic E-state index is 0.0953. The van der Waals surface area contributed by atoms with Crippen molar-refractivity contribution in [3.8, 4) is 11.3 Å². The molecule has 0 spiro atoms. The summed E-state index contributed by atoms with van der Waals surface area (Å²) in [5.41, 5.74) is 5.40. The van der Waals surface area contributed by atoms with Crippen molar-refractivity contribution >= 4 is 17.6 Å². The number of hydrogen-bond acceptors (Lipinski definition) is 3. The molecule has 1 heterocycles. The second kappa shape index (κ2) is 4.56. The maximum atomic E-state index is 13.8. The Morgan fingerprint density at radius 2 is 1.89 bits per heavy atom. The van der Waals surface area contributed by atoms with Crippen LogP contribution in [0, 0.1) is 17.5 Å². The lowest BCUT2D eigenvalue weighted by Gasteiger charge is -2.06. The van der Waals surface area contributed by atoms with Crippen LogP contribution in [0.25, 0.3) is 11.3 Å². The lowest BCUT2D eigenvalue weighted by molar-refractivity contribution is 0.469. The van der Waals surface area contributed by atoms with Gasteiger partial charge in [-0.05, 0) is 12.3 Å². The first kappa shape index (κ1) is 12.8. The Kier molecular flexibility index (Phi) is 3.25. The molecule has 0 aliphatic rings. The van der Waals surface area contributed by atoms with E-state index >= 15 is 0 Å². The number of nitrogens with two attached hydrogens (primary N) is 1. The van der Waals surface area contributed by atoms with Gasteiger partial charge in [0.1, 0.15) is 11.6 Å². The summed E-state index contributed by atoms with van der Waals surface area (Å²) in [5, 5.41) is 3.89. The molecule has 2 N–H and O–H groups in total. The van der Waals surface area contributed by atoms with Gasteiger partial charge >= 0.3 is 0 Å². The summed E-state index contributed by atoms with van der Waals surface area (Å²) in [6.07, 6.45) is 1.47. The molecule has 2 rings (SSSR count). The third-order valence-electron chi connectivity index (χ3n) is 2.51. The van der Waals surface area contributed by atoms with Crippen molar-refractivity contribution in [3.63, 3.8) is 0 Å². The number of nitrogen functional groups attached to an aromatic ring is 1. The first-order valence-corrected chi connectivity index (χ1v) is 6.19. The van der Waals surface area contributed by atoms with E-state index in [4.69, 9.17) is 5.73 Å². The molecule has 96 valence electrons. The van der Waals surface area contributed by atoms with Crippen molar-refractivity contribution in [2.45, 2.75) is 4.90 Å². The average Bonchev–Trinajstić information content (AvgIpc) is 2.65. The van der Waals surface area contributed by atoms with E-state index in [1.54, 1.807) is 7.05 Å². The number of anilines is 1. The molecule has 18 heavy (non-hydrogen) atoms. The molecule has 0 atom stereocenters. The normalized spacial score (nSPS) is 10.9. The number of hydrogen-bond donors (Lipinski definition) is 1. The minimum atomic E-state index is -1.21. The largest absolute Gasteiger partial charge is 0.384 e. The smallest absolute Gasteiger partial charge is 0.176 e. The van der Waals surface area contributed by atoms with Crippen LogP contribution in [0.2, 0.25) is 0 Å². The summed E-state index contributed by atoms with van der Waals surface area (Å²) in [7, 11) is 1.56. The molecule has 0 bridgehead atoms. The summed E-state index contributed by atoms with van der Waals surface area (Å²) in [4.78, 5) is -0.347. The van der Waals surface area contributed by atoms with E-state index in [2.05, 4.69) is 5.10 Å². The number of nitrogens with zero attached hydrogens (tertiary/aromatic N) is 2. The van der Waals surface area contributed by atoms with Gasteiger partial charge in [-0.1, -0.05) is 0 Å². The fourth-order valence-electron chi connectivity index (χ4n) is 1.57. The first-order valence-electron chi connectivity index (χ1n) is 4.97. The van der Waals surface area contributed by atoms with Gasteiger partial charge in [0.25, 0.3) is 0 Å². The van der Waals surface area contributed by atoms with E-state index in [0.29, 0.717) is 0 Å². The highest BCUT2D eigenvalue weighted by atomic mass is 32.2. The van der Waals surface area contributed by atoms with Crippen molar-refractivity contribution in [1.82, 2.24) is 9.78 Å². The van der Waals surface area contributed by atoms with E-state index in [9.17, 15) is 13.2 Å². The van der Waals surface area contributed by atoms with Crippen LogP contribution in [-0.2, 0) is 7.05 Å². The van der Waals surface area contributed by atoms with E-state index < -0.39 is 17.5 Å². The van der Waals surface area contributed by atoms with E-state index in [1.165, 1.54) is 17.0 Å². The Morgan fingerprint density at radius 1 is 1.22 bits per heavy atom. The van der Waals surface area contributed by atoms with Gasteiger partial charge in [-0.3, -0.25) is 4.68 Å². The van der Waals surface area contributed by atoms with E-state index in [0.717, 1.165) is 17.8 Å². The highest BCUT2D eigenvalue weighted by Crippen LogP contribution is 2.32. The zero-order chi connectivity index (χ0) is 13.4. The maximum absolute atomic E-state index is 13.8. The van der Waals surface area contributed by atoms with Gasteiger partial charge in [0.15, 0.2) is 11.6 Å². The summed E-state index contributed by atoms with van der Waals surface area (Å²) in [5.74, 6) is -2.87. The van der Waals surface area contributed by atoms with Gasteiger partial charge in [-0.2, -0.15) is 5.10 Å². The van der Waals surface area contributed by atoms with Gasteiger partial charge in [0.05, 0.1) is 10.6 Å². The Bertz CT molecular complexity index is 591. The Hall–Kier alpha value is -1.63. The van der Waals surface area contributed by atoms with Gasteiger partial charge in [0, 0.05) is 18.7 Å². The third kappa shape index (κ3) is 1.94. The number of thioether (sulfide) groups is 1. The van der Waals surface area contributed by atoms with Crippen LogP contribution in [-0.4, -0.2) is 16.0 Å². The van der Waals surface area contributed by atoms with Gasteiger partial charge in [0.2, 0.25) is 0 Å². The van der Waals surface area contributed by atoms with E-state index in [-0.39, 0.29) is 22.0 Å². The molecule has 0 aliphatic carbocycles. The fourth-order valence-corrected chi connectivity index (χ4v) is 2.09. The topological polar surface area (TPSA) is 43.8 Å². The summed E-state index contributed by atoms with van der Waals surface area (Å²) >= 11 is 0.808. The predicted octanol–water partition coefficient (Wildman–Crippen LogP) is 2.81. The zero-order valence-electron chi connectivity index (χ0n) is 9.67. The molecular weight excluding hydrogens is 263 g/mol. The molecule has 3 nitrogen and oxygen atoms in total. The van der Waals surface area contributed by atoms with Crippen molar-refractivity contribution in [2.75, 3.05) is 12.0 Å². The first-order chi connectivity index (χ1) is 8.45. The predicted molar refractivity (Wildman–Crippen MR) is 64.7 cm³/mol. The van der Waals surface area contributed by atoms with Crippen molar-refractivity contribution < 1.29 is 13.2 Å². The Morgan fingerprint density at radius 3 is 2.39 bits per heavy atom. The summed E-state index contributed by atoms with van der Waals surface area (Å²) in [6.45, 7) is 0. The second-order valence-electron chi connectivity index (χ2n) is 3.65. The quantitative estimate of drug-likeness (QED) is 0.676. The lowest BCUT2D eigenvalue weighted by atomic mass is 10.1. The fraction of sp³-hybridized carbons (Fsp3) is 0.182. The standard InChI is InChI=1S/C11H10F3N3S/c1-17-8(15)4-7(16-17)5-3-6(12)11(18-2)10(14)9(5)13/h3-4H,15H2,1-2H3. The van der Waals surface area contributed by atoms with Crippen LogP contribution >= 0.6 is 11.8 Å². The molecular formula is C11H10F3N3S. The number of rotatable bonds is 2. The SMILES string of the molecule is CSc1c(F)cc(-c2cc(N)n(C)n2)c(F)c1F. The van der Waals surface area contributed by atoms with Crippen LogP contribution in [0.4, 0.5) is 19.0 Å². The Labute approximate surface area is 106 Å². The van der Waals surface area contributed by atoms with E-state index in [1.807, 2.05) is 0 Å². The lowest BCUT2D eigenvalue weighted by Crippen LogP contribution is -1.98. The molecule has 0 fully saturated rings. The van der Waals surface area contributed by atoms with Crippen molar-refractivity contribution in [3.05, 3.63) is 29.6 Å². The molecule has 0 unspecified atom stereocenters. The summed E-state index contributed by atoms with van der Waals surface area (Å²) < 4.78 is 42.3. The van der Waals surface area contributed by atoms with Crippen LogP contribution in [0.15, 0.2) is 17.0 Å². The Balaban J connectivity index is 2.66. The molecule has 2 aromatic rings. The summed E-state index contributed by atoms with van der Waals surface area (Å²) in [6, 6.07) is 2.28. The molecule has 1 aromatic carbocycles. The molecule has 0 saturated heterocycles. The van der Waals surface area contributed by atoms with Gasteiger partial charge in [-0.15, -0.1) is 11.8 Å².